The Morgan fingerprint density at radius 2 is 2.24 bits per heavy atom. The summed E-state index contributed by atoms with van der Waals surface area (Å²) in [6, 6.07) is -0.252. The van der Waals surface area contributed by atoms with E-state index < -0.39 is 5.97 Å². The average Bonchev–Trinajstić information content (AvgIpc) is 2.54. The number of carbonyl (C=O) groups is 3. The van der Waals surface area contributed by atoms with Gasteiger partial charge in [0.25, 0.3) is 0 Å². The molecule has 1 aliphatic heterocycles. The zero-order chi connectivity index (χ0) is 13.0. The van der Waals surface area contributed by atoms with Gasteiger partial charge in [-0.2, -0.15) is 0 Å². The highest BCUT2D eigenvalue weighted by Gasteiger charge is 2.35. The van der Waals surface area contributed by atoms with Crippen molar-refractivity contribution in [2.45, 2.75) is 44.4 Å². The topological polar surface area (TPSA) is 74.7 Å². The molecule has 6 heteroatoms. The van der Waals surface area contributed by atoms with E-state index in [1.54, 1.807) is 4.90 Å². The SMILES string of the molecule is CCC(CC(=O)O)N1CC(SC(C)=O)CC1=O. The van der Waals surface area contributed by atoms with Crippen LogP contribution in [0.25, 0.3) is 0 Å². The van der Waals surface area contributed by atoms with Crippen molar-refractivity contribution in [1.29, 1.82) is 0 Å². The Hall–Kier alpha value is -1.04. The molecule has 2 unspecified atom stereocenters. The van der Waals surface area contributed by atoms with E-state index in [1.165, 1.54) is 18.7 Å². The van der Waals surface area contributed by atoms with Gasteiger partial charge in [-0.15, -0.1) is 0 Å². The van der Waals surface area contributed by atoms with Crippen LogP contribution in [0.2, 0.25) is 0 Å². The van der Waals surface area contributed by atoms with Crippen molar-refractivity contribution in [3.8, 4) is 0 Å². The second-order valence-corrected chi connectivity index (χ2v) is 5.62. The summed E-state index contributed by atoms with van der Waals surface area (Å²) in [5.41, 5.74) is 0. The lowest BCUT2D eigenvalue weighted by atomic mass is 10.1. The molecule has 2 atom stereocenters. The Morgan fingerprint density at radius 3 is 2.71 bits per heavy atom. The van der Waals surface area contributed by atoms with E-state index in [1.807, 2.05) is 6.92 Å². The summed E-state index contributed by atoms with van der Waals surface area (Å²) in [5.74, 6) is -0.941. The summed E-state index contributed by atoms with van der Waals surface area (Å²) in [4.78, 5) is 35.0. The van der Waals surface area contributed by atoms with Crippen LogP contribution in [0.5, 0.6) is 0 Å². The number of carbonyl (C=O) groups excluding carboxylic acids is 2. The van der Waals surface area contributed by atoms with Gasteiger partial charge in [0.05, 0.1) is 6.42 Å². The van der Waals surface area contributed by atoms with E-state index >= 15 is 0 Å². The lowest BCUT2D eigenvalue weighted by Crippen LogP contribution is -2.38. The number of thioether (sulfide) groups is 1. The monoisotopic (exact) mass is 259 g/mol. The Kier molecular flexibility index (Phi) is 4.99. The van der Waals surface area contributed by atoms with Crippen molar-refractivity contribution in [3.63, 3.8) is 0 Å². The maximum Gasteiger partial charge on any atom is 0.305 e. The maximum absolute atomic E-state index is 11.8. The summed E-state index contributed by atoms with van der Waals surface area (Å²) >= 11 is 1.17. The molecule has 1 amide bonds. The fourth-order valence-electron chi connectivity index (χ4n) is 2.04. The maximum atomic E-state index is 11.8. The van der Waals surface area contributed by atoms with E-state index in [0.717, 1.165) is 0 Å². The van der Waals surface area contributed by atoms with Crippen molar-refractivity contribution in [2.24, 2.45) is 0 Å². The Labute approximate surface area is 105 Å². The van der Waals surface area contributed by atoms with E-state index in [-0.39, 0.29) is 28.7 Å². The highest BCUT2D eigenvalue weighted by atomic mass is 32.2. The van der Waals surface area contributed by atoms with Gasteiger partial charge >= 0.3 is 5.97 Å². The summed E-state index contributed by atoms with van der Waals surface area (Å²) in [5, 5.41) is 8.75. The highest BCUT2D eigenvalue weighted by Crippen LogP contribution is 2.27. The third-order valence-corrected chi connectivity index (χ3v) is 3.76. The molecule has 1 saturated heterocycles. The molecule has 5 nitrogen and oxygen atoms in total. The fourth-order valence-corrected chi connectivity index (χ4v) is 2.97. The Morgan fingerprint density at radius 1 is 1.59 bits per heavy atom. The van der Waals surface area contributed by atoms with Crippen LogP contribution in [-0.4, -0.2) is 44.8 Å². The van der Waals surface area contributed by atoms with Gasteiger partial charge in [0.1, 0.15) is 0 Å². The summed E-state index contributed by atoms with van der Waals surface area (Å²) < 4.78 is 0. The normalized spacial score (nSPS) is 21.6. The van der Waals surface area contributed by atoms with E-state index in [4.69, 9.17) is 5.11 Å². The number of likely N-dealkylation sites (tertiary alicyclic amines) is 1. The summed E-state index contributed by atoms with van der Waals surface area (Å²) in [7, 11) is 0. The predicted octanol–water partition coefficient (Wildman–Crippen LogP) is 1.12. The number of carboxylic acid groups (broad SMARTS) is 1. The second kappa shape index (κ2) is 6.05. The molecule has 96 valence electrons. The second-order valence-electron chi connectivity index (χ2n) is 4.14. The van der Waals surface area contributed by atoms with Crippen LogP contribution in [0.1, 0.15) is 33.1 Å². The van der Waals surface area contributed by atoms with Crippen LogP contribution in [0.3, 0.4) is 0 Å². The first-order chi connectivity index (χ1) is 7.93. The molecule has 1 aliphatic rings. The lowest BCUT2D eigenvalue weighted by molar-refractivity contribution is -0.139. The molecule has 0 spiro atoms. The number of hydrogen-bond acceptors (Lipinski definition) is 4. The third-order valence-electron chi connectivity index (χ3n) is 2.78. The Bertz CT molecular complexity index is 331. The largest absolute Gasteiger partial charge is 0.481 e. The van der Waals surface area contributed by atoms with Crippen LogP contribution < -0.4 is 0 Å². The zero-order valence-corrected chi connectivity index (χ0v) is 10.8. The van der Waals surface area contributed by atoms with Crippen molar-refractivity contribution >= 4 is 28.8 Å². The molecule has 0 saturated carbocycles. The van der Waals surface area contributed by atoms with Gasteiger partial charge in [-0.1, -0.05) is 18.7 Å². The summed E-state index contributed by atoms with van der Waals surface area (Å²) in [6.45, 7) is 3.83. The van der Waals surface area contributed by atoms with Crippen molar-refractivity contribution in [1.82, 2.24) is 4.90 Å². The third kappa shape index (κ3) is 4.03. The van der Waals surface area contributed by atoms with Gasteiger partial charge in [0.2, 0.25) is 5.91 Å². The van der Waals surface area contributed by atoms with Gasteiger partial charge in [-0.25, -0.2) is 0 Å². The molecular formula is C11H17NO4S. The number of nitrogens with zero attached hydrogens (tertiary/aromatic N) is 1. The predicted molar refractivity (Wildman–Crippen MR) is 64.7 cm³/mol. The molecule has 17 heavy (non-hydrogen) atoms. The van der Waals surface area contributed by atoms with Crippen molar-refractivity contribution < 1.29 is 19.5 Å². The van der Waals surface area contributed by atoms with Crippen molar-refractivity contribution in [3.05, 3.63) is 0 Å². The van der Waals surface area contributed by atoms with Crippen LogP contribution in [-0.2, 0) is 14.4 Å². The molecule has 1 heterocycles. The number of carboxylic acids is 1. The number of amides is 1. The highest BCUT2D eigenvalue weighted by molar-refractivity contribution is 8.14. The first-order valence-corrected chi connectivity index (χ1v) is 6.50. The minimum Gasteiger partial charge on any atom is -0.481 e. The molecule has 0 aliphatic carbocycles. The van der Waals surface area contributed by atoms with Crippen molar-refractivity contribution in [2.75, 3.05) is 6.54 Å². The molecule has 0 aromatic rings. The fraction of sp³-hybridized carbons (Fsp3) is 0.727. The van der Waals surface area contributed by atoms with Gasteiger partial charge < -0.3 is 10.0 Å². The minimum atomic E-state index is -0.896. The Balaban J connectivity index is 2.61. The zero-order valence-electron chi connectivity index (χ0n) is 10.0. The first-order valence-electron chi connectivity index (χ1n) is 5.62. The lowest BCUT2D eigenvalue weighted by Gasteiger charge is -2.25. The number of aliphatic carboxylic acids is 1. The van der Waals surface area contributed by atoms with Gasteiger partial charge in [0, 0.05) is 31.2 Å². The van der Waals surface area contributed by atoms with Crippen LogP contribution in [0.15, 0.2) is 0 Å². The molecular weight excluding hydrogens is 242 g/mol. The summed E-state index contributed by atoms with van der Waals surface area (Å²) in [6.07, 6.45) is 0.926. The number of hydrogen-bond donors (Lipinski definition) is 1. The molecule has 0 aromatic carbocycles. The van der Waals surface area contributed by atoms with E-state index in [2.05, 4.69) is 0 Å². The van der Waals surface area contributed by atoms with Crippen LogP contribution in [0, 0.1) is 0 Å². The molecule has 1 fully saturated rings. The smallest absolute Gasteiger partial charge is 0.305 e. The molecule has 0 radical (unpaired) electrons. The van der Waals surface area contributed by atoms with Gasteiger partial charge in [-0.05, 0) is 6.42 Å². The van der Waals surface area contributed by atoms with Crippen LogP contribution in [0.4, 0.5) is 0 Å². The quantitative estimate of drug-likeness (QED) is 0.800. The minimum absolute atomic E-state index is 0.00377. The average molecular weight is 259 g/mol. The molecule has 0 bridgehead atoms. The van der Waals surface area contributed by atoms with Gasteiger partial charge in [0.15, 0.2) is 5.12 Å². The molecule has 0 aromatic heterocycles. The standard InChI is InChI=1S/C11H17NO4S/c1-3-8(4-11(15)16)12-6-9(5-10(12)14)17-7(2)13/h8-9H,3-6H2,1-2H3,(H,15,16). The van der Waals surface area contributed by atoms with E-state index in [9.17, 15) is 14.4 Å². The molecule has 1 N–H and O–H groups in total. The first kappa shape index (κ1) is 14.0. The van der Waals surface area contributed by atoms with Gasteiger partial charge in [-0.3, -0.25) is 14.4 Å². The molecule has 1 rings (SSSR count). The van der Waals surface area contributed by atoms with Crippen LogP contribution >= 0.6 is 11.8 Å². The number of rotatable bonds is 5. The van der Waals surface area contributed by atoms with E-state index in [0.29, 0.717) is 19.4 Å².